The summed E-state index contributed by atoms with van der Waals surface area (Å²) in [6.07, 6.45) is 0.358. The first-order chi connectivity index (χ1) is 12.0. The van der Waals surface area contributed by atoms with Crippen molar-refractivity contribution in [2.45, 2.75) is 26.0 Å². The van der Waals surface area contributed by atoms with Gasteiger partial charge in [-0.25, -0.2) is 4.39 Å². The highest BCUT2D eigenvalue weighted by Crippen LogP contribution is 2.25. The zero-order chi connectivity index (χ0) is 17.8. The number of anilines is 1. The van der Waals surface area contributed by atoms with E-state index < -0.39 is 18.3 Å². The quantitative estimate of drug-likeness (QED) is 0.870. The van der Waals surface area contributed by atoms with Gasteiger partial charge >= 0.3 is 6.61 Å². The SMILES string of the molecule is O=C(Cc1ccccc1OC(F)F)Nc1ccc2c(c1F)CCNC2. The Balaban J connectivity index is 1.74. The summed E-state index contributed by atoms with van der Waals surface area (Å²) in [6, 6.07) is 9.33. The summed E-state index contributed by atoms with van der Waals surface area (Å²) >= 11 is 0. The average Bonchev–Trinajstić information content (AvgIpc) is 2.59. The second kappa shape index (κ2) is 7.57. The lowest BCUT2D eigenvalue weighted by molar-refractivity contribution is -0.115. The summed E-state index contributed by atoms with van der Waals surface area (Å²) in [6.45, 7) is -1.70. The minimum absolute atomic E-state index is 0.0652. The minimum atomic E-state index is -2.98. The number of carbonyl (C=O) groups is 1. The molecule has 132 valence electrons. The number of alkyl halides is 2. The lowest BCUT2D eigenvalue weighted by atomic mass is 9.99. The Morgan fingerprint density at radius 2 is 2.04 bits per heavy atom. The maximum absolute atomic E-state index is 14.5. The molecule has 2 aromatic carbocycles. The van der Waals surface area contributed by atoms with Crippen molar-refractivity contribution >= 4 is 11.6 Å². The molecule has 1 aliphatic rings. The maximum Gasteiger partial charge on any atom is 0.387 e. The average molecular weight is 350 g/mol. The molecule has 1 amide bonds. The van der Waals surface area contributed by atoms with Crippen LogP contribution < -0.4 is 15.4 Å². The van der Waals surface area contributed by atoms with Crippen LogP contribution in [0.1, 0.15) is 16.7 Å². The Bertz CT molecular complexity index is 781. The van der Waals surface area contributed by atoms with Gasteiger partial charge in [-0.05, 0) is 36.2 Å². The van der Waals surface area contributed by atoms with Crippen LogP contribution >= 0.6 is 0 Å². The second-order valence-corrected chi connectivity index (χ2v) is 5.70. The summed E-state index contributed by atoms with van der Waals surface area (Å²) in [5, 5.41) is 5.67. The first-order valence-corrected chi connectivity index (χ1v) is 7.88. The molecule has 4 nitrogen and oxygen atoms in total. The van der Waals surface area contributed by atoms with Crippen molar-refractivity contribution in [3.8, 4) is 5.75 Å². The number of benzene rings is 2. The molecular formula is C18H17F3N2O2. The van der Waals surface area contributed by atoms with Crippen LogP contribution in [0, 0.1) is 5.82 Å². The van der Waals surface area contributed by atoms with Gasteiger partial charge in [0.25, 0.3) is 0 Å². The van der Waals surface area contributed by atoms with Gasteiger partial charge in [0.05, 0.1) is 12.1 Å². The van der Waals surface area contributed by atoms with Crippen molar-refractivity contribution in [2.24, 2.45) is 0 Å². The van der Waals surface area contributed by atoms with Gasteiger partial charge in [-0.1, -0.05) is 24.3 Å². The van der Waals surface area contributed by atoms with Gasteiger partial charge in [-0.3, -0.25) is 4.79 Å². The molecule has 1 aliphatic heterocycles. The predicted molar refractivity (Wildman–Crippen MR) is 87.2 cm³/mol. The van der Waals surface area contributed by atoms with Crippen molar-refractivity contribution in [1.82, 2.24) is 5.32 Å². The van der Waals surface area contributed by atoms with Crippen LogP contribution in [0.2, 0.25) is 0 Å². The van der Waals surface area contributed by atoms with E-state index in [2.05, 4.69) is 15.4 Å². The summed E-state index contributed by atoms with van der Waals surface area (Å²) in [5.41, 5.74) is 1.87. The molecule has 0 bridgehead atoms. The number of hydrogen-bond acceptors (Lipinski definition) is 3. The molecule has 0 spiro atoms. The third kappa shape index (κ3) is 4.11. The molecule has 0 radical (unpaired) electrons. The van der Waals surface area contributed by atoms with E-state index in [1.807, 2.05) is 0 Å². The van der Waals surface area contributed by atoms with Gasteiger partial charge in [0.15, 0.2) is 0 Å². The van der Waals surface area contributed by atoms with E-state index in [1.54, 1.807) is 12.1 Å². The van der Waals surface area contributed by atoms with E-state index in [0.29, 0.717) is 30.6 Å². The van der Waals surface area contributed by atoms with E-state index in [1.165, 1.54) is 24.3 Å². The number of para-hydroxylation sites is 1. The Morgan fingerprint density at radius 3 is 2.84 bits per heavy atom. The van der Waals surface area contributed by atoms with Crippen LogP contribution in [0.5, 0.6) is 5.75 Å². The van der Waals surface area contributed by atoms with Crippen molar-refractivity contribution in [3.63, 3.8) is 0 Å². The molecule has 1 heterocycles. The number of amides is 1. The second-order valence-electron chi connectivity index (χ2n) is 5.70. The highest BCUT2D eigenvalue weighted by atomic mass is 19.3. The standard InChI is InChI=1S/C18H17F3N2O2/c19-17-13-7-8-22-10-12(13)5-6-14(17)23-16(24)9-11-3-1-2-4-15(11)25-18(20)21/h1-6,18,22H,7-10H2,(H,23,24). The molecule has 0 saturated carbocycles. The molecule has 7 heteroatoms. The van der Waals surface area contributed by atoms with Crippen LogP contribution in [0.25, 0.3) is 0 Å². The number of carbonyl (C=O) groups excluding carboxylic acids is 1. The number of halogens is 3. The first-order valence-electron chi connectivity index (χ1n) is 7.88. The lowest BCUT2D eigenvalue weighted by Gasteiger charge is -2.19. The Kier molecular flexibility index (Phi) is 5.23. The molecule has 0 fully saturated rings. The smallest absolute Gasteiger partial charge is 0.387 e. The fourth-order valence-electron chi connectivity index (χ4n) is 2.86. The van der Waals surface area contributed by atoms with Crippen LogP contribution in [0.3, 0.4) is 0 Å². The summed E-state index contributed by atoms with van der Waals surface area (Å²) in [4.78, 5) is 12.2. The van der Waals surface area contributed by atoms with Gasteiger partial charge in [0.1, 0.15) is 11.6 Å². The van der Waals surface area contributed by atoms with Crippen molar-refractivity contribution in [2.75, 3.05) is 11.9 Å². The molecule has 0 unspecified atom stereocenters. The fraction of sp³-hybridized carbons (Fsp3) is 0.278. The third-order valence-electron chi connectivity index (χ3n) is 4.02. The van der Waals surface area contributed by atoms with Gasteiger partial charge in [-0.2, -0.15) is 8.78 Å². The molecule has 0 atom stereocenters. The third-order valence-corrected chi connectivity index (χ3v) is 4.02. The molecular weight excluding hydrogens is 333 g/mol. The zero-order valence-electron chi connectivity index (χ0n) is 13.3. The van der Waals surface area contributed by atoms with Crippen molar-refractivity contribution < 1.29 is 22.7 Å². The normalized spacial score (nSPS) is 13.4. The van der Waals surface area contributed by atoms with E-state index in [-0.39, 0.29) is 17.9 Å². The molecule has 0 aromatic heterocycles. The largest absolute Gasteiger partial charge is 0.435 e. The summed E-state index contributed by atoms with van der Waals surface area (Å²) in [7, 11) is 0. The Hall–Kier alpha value is -2.54. The number of hydrogen-bond donors (Lipinski definition) is 2. The van der Waals surface area contributed by atoms with Crippen molar-refractivity contribution in [3.05, 3.63) is 58.9 Å². The molecule has 2 aromatic rings. The number of ether oxygens (including phenoxy) is 1. The van der Waals surface area contributed by atoms with Gasteiger partial charge in [0.2, 0.25) is 5.91 Å². The molecule has 3 rings (SSSR count). The number of rotatable bonds is 5. The van der Waals surface area contributed by atoms with E-state index in [9.17, 15) is 18.0 Å². The highest BCUT2D eigenvalue weighted by Gasteiger charge is 2.18. The summed E-state index contributed by atoms with van der Waals surface area (Å²) in [5.74, 6) is -1.01. The van der Waals surface area contributed by atoms with Crippen molar-refractivity contribution in [1.29, 1.82) is 0 Å². The first kappa shape index (κ1) is 17.3. The van der Waals surface area contributed by atoms with Crippen LogP contribution in [0.15, 0.2) is 36.4 Å². The number of nitrogens with one attached hydrogen (secondary N) is 2. The van der Waals surface area contributed by atoms with E-state index >= 15 is 0 Å². The predicted octanol–water partition coefficient (Wildman–Crippen LogP) is 3.25. The molecule has 0 saturated heterocycles. The van der Waals surface area contributed by atoms with Gasteiger partial charge < -0.3 is 15.4 Å². The zero-order valence-corrected chi connectivity index (χ0v) is 13.3. The van der Waals surface area contributed by atoms with E-state index in [0.717, 1.165) is 5.56 Å². The number of fused-ring (bicyclic) bond motifs is 1. The Morgan fingerprint density at radius 1 is 1.24 bits per heavy atom. The highest BCUT2D eigenvalue weighted by molar-refractivity contribution is 5.93. The van der Waals surface area contributed by atoms with Gasteiger partial charge in [-0.15, -0.1) is 0 Å². The fourth-order valence-corrected chi connectivity index (χ4v) is 2.86. The minimum Gasteiger partial charge on any atom is -0.435 e. The van der Waals surface area contributed by atoms with E-state index in [4.69, 9.17) is 0 Å². The van der Waals surface area contributed by atoms with Crippen LogP contribution in [-0.2, 0) is 24.2 Å². The maximum atomic E-state index is 14.5. The molecule has 25 heavy (non-hydrogen) atoms. The van der Waals surface area contributed by atoms with Gasteiger partial charge in [0, 0.05) is 12.1 Å². The lowest BCUT2D eigenvalue weighted by Crippen LogP contribution is -2.25. The topological polar surface area (TPSA) is 50.4 Å². The monoisotopic (exact) mass is 350 g/mol. The Labute approximate surface area is 143 Å². The molecule has 2 N–H and O–H groups in total. The summed E-state index contributed by atoms with van der Waals surface area (Å²) < 4.78 is 43.8. The molecule has 0 aliphatic carbocycles. The van der Waals surface area contributed by atoms with Crippen LogP contribution in [0.4, 0.5) is 18.9 Å². The van der Waals surface area contributed by atoms with Crippen LogP contribution in [-0.4, -0.2) is 19.1 Å².